The number of unbranched alkanes of at least 4 members (excludes halogenated alkanes) is 1. The maximum atomic E-state index is 8.07. The van der Waals surface area contributed by atoms with Gasteiger partial charge in [0.25, 0.3) is 0 Å². The van der Waals surface area contributed by atoms with E-state index in [4.69, 9.17) is 5.11 Å². The Kier molecular flexibility index (Phi) is 139. The first-order valence-electron chi connectivity index (χ1n) is 2.02. The van der Waals surface area contributed by atoms with Gasteiger partial charge in [-0.2, -0.15) is 0 Å². The zero-order valence-electron chi connectivity index (χ0n) is 5.57. The molecule has 0 heterocycles. The van der Waals surface area contributed by atoms with Gasteiger partial charge < -0.3 is 21.5 Å². The Morgan fingerprint density at radius 3 is 1.44 bits per heavy atom. The van der Waals surface area contributed by atoms with Crippen LogP contribution in [0.1, 0.15) is 19.8 Å². The summed E-state index contributed by atoms with van der Waals surface area (Å²) in [7, 11) is 0. The summed E-state index contributed by atoms with van der Waals surface area (Å²) in [5.41, 5.74) is 0. The normalized spacial score (nSPS) is 4.67. The van der Waals surface area contributed by atoms with Crippen LogP contribution in [0.3, 0.4) is 0 Å². The van der Waals surface area contributed by atoms with E-state index in [9.17, 15) is 0 Å². The molecular formula is C4H16HfO4. The standard InChI is InChI=1S/C4H10O.Hf.3H2O/c1-2-3-4-5;;;;/h5H,2-4H2,1H3;;3*1H2. The molecule has 4 nitrogen and oxygen atoms in total. The van der Waals surface area contributed by atoms with Crippen molar-refractivity contribution in [3.05, 3.63) is 0 Å². The van der Waals surface area contributed by atoms with E-state index in [0.717, 1.165) is 12.8 Å². The second kappa shape index (κ2) is 37.6. The SMILES string of the molecule is CCCCO.O.O.O.[Hf]. The number of aliphatic hydroxyl groups is 1. The summed E-state index contributed by atoms with van der Waals surface area (Å²) in [6.45, 7) is 2.40. The Labute approximate surface area is 74.0 Å². The molecule has 0 aromatic heterocycles. The van der Waals surface area contributed by atoms with Crippen molar-refractivity contribution in [1.82, 2.24) is 0 Å². The zero-order valence-corrected chi connectivity index (χ0v) is 9.16. The van der Waals surface area contributed by atoms with Crippen LogP contribution in [0.5, 0.6) is 0 Å². The molecular weight excluding hydrogens is 291 g/mol. The first-order valence-corrected chi connectivity index (χ1v) is 2.02. The van der Waals surface area contributed by atoms with Crippen molar-refractivity contribution in [2.75, 3.05) is 6.61 Å². The van der Waals surface area contributed by atoms with E-state index < -0.39 is 0 Å². The molecule has 0 unspecified atom stereocenters. The molecule has 0 aromatic rings. The summed E-state index contributed by atoms with van der Waals surface area (Å²) in [6.07, 6.45) is 2.04. The number of aliphatic hydroxyl groups excluding tert-OH is 1. The van der Waals surface area contributed by atoms with Gasteiger partial charge in [0.2, 0.25) is 0 Å². The van der Waals surface area contributed by atoms with E-state index in [1.807, 2.05) is 0 Å². The smallest absolute Gasteiger partial charge is 0.0430 e. The molecule has 0 aliphatic rings. The van der Waals surface area contributed by atoms with Gasteiger partial charge in [-0.25, -0.2) is 0 Å². The van der Waals surface area contributed by atoms with Crippen molar-refractivity contribution >= 4 is 0 Å². The van der Waals surface area contributed by atoms with Crippen LogP contribution in [-0.4, -0.2) is 28.1 Å². The maximum Gasteiger partial charge on any atom is 0.0430 e. The monoisotopic (exact) mass is 308 g/mol. The predicted molar refractivity (Wildman–Crippen MR) is 32.8 cm³/mol. The van der Waals surface area contributed by atoms with E-state index in [0.29, 0.717) is 6.61 Å². The molecule has 0 rings (SSSR count). The summed E-state index contributed by atoms with van der Waals surface area (Å²) in [6, 6.07) is 0. The van der Waals surface area contributed by atoms with Crippen molar-refractivity contribution in [2.45, 2.75) is 19.8 Å². The third-order valence-corrected chi connectivity index (χ3v) is 0.512. The second-order valence-electron chi connectivity index (χ2n) is 1.08. The fraction of sp³-hybridized carbons (Fsp3) is 1.00. The average Bonchev–Trinajstić information content (AvgIpc) is 1.41. The molecule has 9 heavy (non-hydrogen) atoms. The maximum absolute atomic E-state index is 8.07. The molecule has 0 amide bonds. The molecule has 60 valence electrons. The number of hydrogen-bond acceptors (Lipinski definition) is 1. The van der Waals surface area contributed by atoms with Crippen LogP contribution in [0.4, 0.5) is 0 Å². The van der Waals surface area contributed by atoms with Crippen LogP contribution in [0.15, 0.2) is 0 Å². The van der Waals surface area contributed by atoms with Gasteiger partial charge in [0, 0.05) is 32.5 Å². The van der Waals surface area contributed by atoms with E-state index in [-0.39, 0.29) is 42.3 Å². The van der Waals surface area contributed by atoms with Gasteiger partial charge in [-0.3, -0.25) is 0 Å². The second-order valence-corrected chi connectivity index (χ2v) is 1.08. The summed E-state index contributed by atoms with van der Waals surface area (Å²) in [4.78, 5) is 0. The van der Waals surface area contributed by atoms with Crippen LogP contribution in [0.25, 0.3) is 0 Å². The van der Waals surface area contributed by atoms with Crippen LogP contribution < -0.4 is 0 Å². The molecule has 0 spiro atoms. The van der Waals surface area contributed by atoms with Crippen molar-refractivity contribution in [3.8, 4) is 0 Å². The molecule has 7 N–H and O–H groups in total. The summed E-state index contributed by atoms with van der Waals surface area (Å²) in [5, 5.41) is 8.07. The predicted octanol–water partition coefficient (Wildman–Crippen LogP) is -1.70. The summed E-state index contributed by atoms with van der Waals surface area (Å²) >= 11 is 0. The zero-order chi connectivity index (χ0) is 4.12. The minimum absolute atomic E-state index is 0. The van der Waals surface area contributed by atoms with Crippen molar-refractivity contribution < 1.29 is 47.4 Å². The molecule has 0 aliphatic heterocycles. The van der Waals surface area contributed by atoms with Gasteiger partial charge in [0.15, 0.2) is 0 Å². The molecule has 0 radical (unpaired) electrons. The van der Waals surface area contributed by atoms with Gasteiger partial charge >= 0.3 is 0 Å². The van der Waals surface area contributed by atoms with Gasteiger partial charge in [0.1, 0.15) is 0 Å². The topological polar surface area (TPSA) is 115 Å². The Bertz CT molecular complexity index is 20.0. The van der Waals surface area contributed by atoms with Gasteiger partial charge in [0.05, 0.1) is 0 Å². The molecule has 0 fully saturated rings. The van der Waals surface area contributed by atoms with Gasteiger partial charge in [-0.15, -0.1) is 0 Å². The van der Waals surface area contributed by atoms with Crippen LogP contribution in [-0.2, 0) is 25.8 Å². The van der Waals surface area contributed by atoms with Crippen molar-refractivity contribution in [2.24, 2.45) is 0 Å². The minimum atomic E-state index is 0. The Morgan fingerprint density at radius 2 is 1.44 bits per heavy atom. The van der Waals surface area contributed by atoms with Crippen molar-refractivity contribution in [3.63, 3.8) is 0 Å². The average molecular weight is 307 g/mol. The van der Waals surface area contributed by atoms with E-state index in [1.165, 1.54) is 0 Å². The molecule has 0 saturated carbocycles. The summed E-state index contributed by atoms with van der Waals surface area (Å²) in [5.74, 6) is 0. The molecule has 0 aliphatic carbocycles. The third-order valence-electron chi connectivity index (χ3n) is 0.512. The minimum Gasteiger partial charge on any atom is -0.412 e. The van der Waals surface area contributed by atoms with Gasteiger partial charge in [-0.1, -0.05) is 13.3 Å². The fourth-order valence-electron chi connectivity index (χ4n) is 0.158. The first kappa shape index (κ1) is 33.2. The molecule has 0 atom stereocenters. The van der Waals surface area contributed by atoms with Crippen molar-refractivity contribution in [1.29, 1.82) is 0 Å². The number of hydrogen-bond donors (Lipinski definition) is 1. The largest absolute Gasteiger partial charge is 0.412 e. The molecule has 0 aromatic carbocycles. The first-order chi connectivity index (χ1) is 2.41. The Morgan fingerprint density at radius 1 is 1.11 bits per heavy atom. The molecule has 0 saturated heterocycles. The van der Waals surface area contributed by atoms with Gasteiger partial charge in [-0.05, 0) is 6.42 Å². The van der Waals surface area contributed by atoms with Crippen LogP contribution in [0, 0.1) is 0 Å². The Hall–Kier alpha value is 0.710. The molecule has 0 bridgehead atoms. The third kappa shape index (κ3) is 53.4. The van der Waals surface area contributed by atoms with E-state index in [2.05, 4.69) is 6.92 Å². The fourth-order valence-corrected chi connectivity index (χ4v) is 0.158. The Balaban J connectivity index is -0.0000000133. The van der Waals surface area contributed by atoms with Crippen LogP contribution >= 0.6 is 0 Å². The summed E-state index contributed by atoms with van der Waals surface area (Å²) < 4.78 is 0. The van der Waals surface area contributed by atoms with E-state index >= 15 is 0 Å². The quantitative estimate of drug-likeness (QED) is 0.602. The molecule has 5 heteroatoms. The number of rotatable bonds is 2. The van der Waals surface area contributed by atoms with E-state index in [1.54, 1.807) is 0 Å². The van der Waals surface area contributed by atoms with Crippen LogP contribution in [0.2, 0.25) is 0 Å².